The minimum absolute atomic E-state index is 0.240. The Balaban J connectivity index is 1.70. The highest BCUT2D eigenvalue weighted by Gasteiger charge is 2.13. The quantitative estimate of drug-likeness (QED) is 0.907. The number of hydrogen-bond donors (Lipinski definition) is 2. The number of anilines is 3. The van der Waals surface area contributed by atoms with E-state index >= 15 is 0 Å². The van der Waals surface area contributed by atoms with Gasteiger partial charge in [-0.05, 0) is 49.2 Å². The maximum Gasteiger partial charge on any atom is 0.259 e. The van der Waals surface area contributed by atoms with Gasteiger partial charge in [0, 0.05) is 30.7 Å². The van der Waals surface area contributed by atoms with Crippen molar-refractivity contribution in [2.24, 2.45) is 0 Å². The fraction of sp³-hybridized carbons (Fsp3) is 0.250. The number of nitrogens with zero attached hydrogens (tertiary/aromatic N) is 2. The van der Waals surface area contributed by atoms with Crippen LogP contribution in [0.15, 0.2) is 42.6 Å². The predicted octanol–water partition coefficient (Wildman–Crippen LogP) is 2.52. The zero-order valence-corrected chi connectivity index (χ0v) is 11.7. The average Bonchev–Trinajstić information content (AvgIpc) is 3.02. The second-order valence-electron chi connectivity index (χ2n) is 5.13. The van der Waals surface area contributed by atoms with E-state index in [1.54, 1.807) is 18.3 Å². The summed E-state index contributed by atoms with van der Waals surface area (Å²) in [5.74, 6) is -0.00166. The van der Waals surface area contributed by atoms with Gasteiger partial charge in [-0.3, -0.25) is 4.79 Å². The lowest BCUT2D eigenvalue weighted by Crippen LogP contribution is -2.18. The minimum atomic E-state index is -0.241. The Hall–Kier alpha value is -2.56. The molecule has 0 spiro atoms. The lowest BCUT2D eigenvalue weighted by atomic mass is 10.2. The molecule has 5 nitrogen and oxygen atoms in total. The molecule has 3 rings (SSSR count). The molecule has 0 bridgehead atoms. The van der Waals surface area contributed by atoms with Crippen LogP contribution in [-0.2, 0) is 0 Å². The number of carbonyl (C=O) groups excluding carboxylic acids is 1. The van der Waals surface area contributed by atoms with Gasteiger partial charge in [-0.25, -0.2) is 4.98 Å². The van der Waals surface area contributed by atoms with E-state index in [1.807, 2.05) is 24.3 Å². The number of amides is 1. The molecule has 1 aliphatic rings. The molecule has 0 atom stereocenters. The normalized spacial score (nSPS) is 14.2. The number of nitrogen functional groups attached to an aromatic ring is 1. The number of nitrogens with one attached hydrogen (secondary N) is 1. The highest BCUT2D eigenvalue weighted by atomic mass is 16.1. The van der Waals surface area contributed by atoms with E-state index < -0.39 is 0 Å². The first-order chi connectivity index (χ1) is 10.2. The van der Waals surface area contributed by atoms with Crippen LogP contribution in [0.5, 0.6) is 0 Å². The summed E-state index contributed by atoms with van der Waals surface area (Å²) in [5, 5.41) is 2.84. The van der Waals surface area contributed by atoms with Crippen molar-refractivity contribution in [2.45, 2.75) is 12.8 Å². The van der Waals surface area contributed by atoms with E-state index in [2.05, 4.69) is 15.2 Å². The third-order valence-electron chi connectivity index (χ3n) is 3.68. The molecule has 1 aromatic carbocycles. The van der Waals surface area contributed by atoms with Crippen LogP contribution in [0.4, 0.5) is 17.2 Å². The van der Waals surface area contributed by atoms with E-state index in [0.29, 0.717) is 5.56 Å². The van der Waals surface area contributed by atoms with Crippen molar-refractivity contribution in [1.82, 2.24) is 4.98 Å². The van der Waals surface area contributed by atoms with E-state index in [-0.39, 0.29) is 11.7 Å². The van der Waals surface area contributed by atoms with Gasteiger partial charge in [0.1, 0.15) is 5.82 Å². The van der Waals surface area contributed by atoms with Crippen LogP contribution in [0.25, 0.3) is 0 Å². The first-order valence-corrected chi connectivity index (χ1v) is 7.11. The van der Waals surface area contributed by atoms with E-state index in [9.17, 15) is 4.79 Å². The largest absolute Gasteiger partial charge is 0.383 e. The number of carbonyl (C=O) groups is 1. The van der Waals surface area contributed by atoms with Crippen LogP contribution in [0.2, 0.25) is 0 Å². The molecular formula is C16H18N4O. The molecule has 0 saturated carbocycles. The Morgan fingerprint density at radius 3 is 2.52 bits per heavy atom. The summed E-state index contributed by atoms with van der Waals surface area (Å²) >= 11 is 0. The maximum absolute atomic E-state index is 12.1. The topological polar surface area (TPSA) is 71.2 Å². The standard InChI is InChI=1S/C16H18N4O/c17-15-14(4-3-9-18-15)16(21)19-12-5-7-13(8-6-12)20-10-1-2-11-20/h3-9H,1-2,10-11H2,(H2,17,18)(H,19,21). The van der Waals surface area contributed by atoms with Crippen LogP contribution in [0, 0.1) is 0 Å². The van der Waals surface area contributed by atoms with Gasteiger partial charge in [-0.2, -0.15) is 0 Å². The van der Waals surface area contributed by atoms with Gasteiger partial charge in [-0.1, -0.05) is 0 Å². The van der Waals surface area contributed by atoms with Crippen LogP contribution in [0.1, 0.15) is 23.2 Å². The monoisotopic (exact) mass is 282 g/mol. The molecule has 2 aromatic rings. The van der Waals surface area contributed by atoms with Crippen LogP contribution < -0.4 is 16.0 Å². The second kappa shape index (κ2) is 5.83. The lowest BCUT2D eigenvalue weighted by Gasteiger charge is -2.17. The van der Waals surface area contributed by atoms with Crippen LogP contribution in [0.3, 0.4) is 0 Å². The van der Waals surface area contributed by atoms with Crippen molar-refractivity contribution in [3.63, 3.8) is 0 Å². The molecule has 21 heavy (non-hydrogen) atoms. The van der Waals surface area contributed by atoms with Crippen LogP contribution in [-0.4, -0.2) is 24.0 Å². The molecule has 1 aromatic heterocycles. The summed E-state index contributed by atoms with van der Waals surface area (Å²) in [7, 11) is 0. The number of pyridine rings is 1. The fourth-order valence-corrected chi connectivity index (χ4v) is 2.54. The molecule has 2 heterocycles. The van der Waals surface area contributed by atoms with E-state index in [1.165, 1.54) is 18.5 Å². The lowest BCUT2D eigenvalue weighted by molar-refractivity contribution is 0.102. The van der Waals surface area contributed by atoms with Crippen molar-refractivity contribution in [2.75, 3.05) is 29.0 Å². The molecule has 1 fully saturated rings. The number of hydrogen-bond acceptors (Lipinski definition) is 4. The third kappa shape index (κ3) is 2.97. The number of nitrogens with two attached hydrogens (primary N) is 1. The molecule has 1 aliphatic heterocycles. The van der Waals surface area contributed by atoms with Crippen molar-refractivity contribution < 1.29 is 4.79 Å². The van der Waals surface area contributed by atoms with Crippen LogP contribution >= 0.6 is 0 Å². The third-order valence-corrected chi connectivity index (χ3v) is 3.68. The summed E-state index contributed by atoms with van der Waals surface area (Å²) in [6.45, 7) is 2.22. The first kappa shape index (κ1) is 13.4. The predicted molar refractivity (Wildman–Crippen MR) is 84.5 cm³/mol. The molecule has 5 heteroatoms. The van der Waals surface area contributed by atoms with Gasteiger partial charge in [0.05, 0.1) is 5.56 Å². The summed E-state index contributed by atoms with van der Waals surface area (Å²) in [4.78, 5) is 18.4. The van der Waals surface area contributed by atoms with Gasteiger partial charge in [0.25, 0.3) is 5.91 Å². The zero-order chi connectivity index (χ0) is 14.7. The molecular weight excluding hydrogens is 264 g/mol. The van der Waals surface area contributed by atoms with Crippen molar-refractivity contribution in [1.29, 1.82) is 0 Å². The first-order valence-electron chi connectivity index (χ1n) is 7.11. The maximum atomic E-state index is 12.1. The van der Waals surface area contributed by atoms with Gasteiger partial charge in [-0.15, -0.1) is 0 Å². The molecule has 108 valence electrons. The summed E-state index contributed by atoms with van der Waals surface area (Å²) in [6.07, 6.45) is 4.06. The van der Waals surface area contributed by atoms with Gasteiger partial charge in [0.15, 0.2) is 0 Å². The second-order valence-corrected chi connectivity index (χ2v) is 5.13. The smallest absolute Gasteiger partial charge is 0.259 e. The Morgan fingerprint density at radius 1 is 1.14 bits per heavy atom. The molecule has 0 radical (unpaired) electrons. The molecule has 1 saturated heterocycles. The summed E-state index contributed by atoms with van der Waals surface area (Å²) in [5.41, 5.74) is 8.05. The number of rotatable bonds is 3. The minimum Gasteiger partial charge on any atom is -0.383 e. The number of benzene rings is 1. The zero-order valence-electron chi connectivity index (χ0n) is 11.7. The van der Waals surface area contributed by atoms with Gasteiger partial charge >= 0.3 is 0 Å². The average molecular weight is 282 g/mol. The molecule has 0 unspecified atom stereocenters. The molecule has 0 aliphatic carbocycles. The molecule has 1 amide bonds. The van der Waals surface area contributed by atoms with Gasteiger partial charge < -0.3 is 16.0 Å². The van der Waals surface area contributed by atoms with Crippen molar-refractivity contribution >= 4 is 23.1 Å². The number of aromatic nitrogens is 1. The Morgan fingerprint density at radius 2 is 1.86 bits per heavy atom. The van der Waals surface area contributed by atoms with E-state index in [0.717, 1.165) is 18.8 Å². The van der Waals surface area contributed by atoms with Gasteiger partial charge in [0.2, 0.25) is 0 Å². The van der Waals surface area contributed by atoms with E-state index in [4.69, 9.17) is 5.73 Å². The molecule has 3 N–H and O–H groups in total. The highest BCUT2D eigenvalue weighted by Crippen LogP contribution is 2.22. The SMILES string of the molecule is Nc1ncccc1C(=O)Nc1ccc(N2CCCC2)cc1. The summed E-state index contributed by atoms with van der Waals surface area (Å²) < 4.78 is 0. The van der Waals surface area contributed by atoms with Crippen molar-refractivity contribution in [3.8, 4) is 0 Å². The Labute approximate surface area is 123 Å². The Bertz CT molecular complexity index is 633. The summed E-state index contributed by atoms with van der Waals surface area (Å²) in [6, 6.07) is 11.3. The highest BCUT2D eigenvalue weighted by molar-refractivity contribution is 6.07. The fourth-order valence-electron chi connectivity index (χ4n) is 2.54. The van der Waals surface area contributed by atoms with Crippen molar-refractivity contribution in [3.05, 3.63) is 48.2 Å². The Kier molecular flexibility index (Phi) is 3.73.